The number of morpholine rings is 1. The summed E-state index contributed by atoms with van der Waals surface area (Å²) < 4.78 is 20.1. The molecule has 192 valence electrons. The third kappa shape index (κ3) is 5.70. The minimum absolute atomic E-state index is 0.150. The molecule has 1 amide bonds. The van der Waals surface area contributed by atoms with E-state index in [-0.39, 0.29) is 24.4 Å². The second-order valence-electron chi connectivity index (χ2n) is 9.88. The fraction of sp³-hybridized carbons (Fsp3) is 0.414. The van der Waals surface area contributed by atoms with Crippen molar-refractivity contribution < 1.29 is 19.0 Å². The van der Waals surface area contributed by atoms with E-state index >= 15 is 0 Å². The zero-order valence-electron chi connectivity index (χ0n) is 20.5. The first-order chi connectivity index (χ1) is 17.3. The summed E-state index contributed by atoms with van der Waals surface area (Å²) in [4.78, 5) is 16.0. The van der Waals surface area contributed by atoms with Crippen molar-refractivity contribution in [2.75, 3.05) is 6.61 Å². The number of allylic oxidation sites excluding steroid dienone is 3. The Morgan fingerprint density at radius 2 is 1.86 bits per heavy atom. The molecule has 1 heterocycles. The van der Waals surface area contributed by atoms with Crippen LogP contribution in [-0.4, -0.2) is 40.7 Å². The number of aliphatic hydroxyl groups excluding tert-OH is 1. The average molecular weight is 532 g/mol. The summed E-state index contributed by atoms with van der Waals surface area (Å²) in [6.45, 7) is 3.99. The Hall–Kier alpha value is -2.18. The van der Waals surface area contributed by atoms with Crippen LogP contribution in [-0.2, 0) is 16.0 Å². The number of aliphatic hydroxyl groups is 1. The lowest BCUT2D eigenvalue weighted by molar-refractivity contribution is -0.189. The largest absolute Gasteiger partial charge is 0.394 e. The van der Waals surface area contributed by atoms with Gasteiger partial charge in [0.15, 0.2) is 0 Å². The maximum Gasteiger partial charge on any atom is 0.252 e. The maximum atomic E-state index is 14.1. The highest BCUT2D eigenvalue weighted by Crippen LogP contribution is 2.47. The Morgan fingerprint density at radius 1 is 1.17 bits per heavy atom. The minimum Gasteiger partial charge on any atom is -0.394 e. The van der Waals surface area contributed by atoms with E-state index < -0.39 is 23.7 Å². The molecule has 0 spiro atoms. The summed E-state index contributed by atoms with van der Waals surface area (Å²) in [6, 6.07) is 12.8. The van der Waals surface area contributed by atoms with Crippen molar-refractivity contribution in [1.82, 2.24) is 4.90 Å². The second kappa shape index (κ2) is 11.5. The number of rotatable bonds is 8. The smallest absolute Gasteiger partial charge is 0.252 e. The number of halogens is 3. The van der Waals surface area contributed by atoms with Gasteiger partial charge in [0, 0.05) is 21.9 Å². The van der Waals surface area contributed by atoms with E-state index in [2.05, 4.69) is 6.92 Å². The fourth-order valence-corrected chi connectivity index (χ4v) is 5.57. The van der Waals surface area contributed by atoms with E-state index in [0.717, 1.165) is 17.5 Å². The Bertz CT molecular complexity index is 1120. The Morgan fingerprint density at radius 3 is 2.44 bits per heavy atom. The monoisotopic (exact) mass is 531 g/mol. The van der Waals surface area contributed by atoms with E-state index in [1.54, 1.807) is 12.1 Å². The first-order valence-electron chi connectivity index (χ1n) is 12.4. The molecule has 0 aromatic heterocycles. The van der Waals surface area contributed by atoms with Crippen molar-refractivity contribution in [3.05, 3.63) is 93.8 Å². The van der Waals surface area contributed by atoms with Crippen molar-refractivity contribution in [1.29, 1.82) is 0 Å². The van der Waals surface area contributed by atoms with Gasteiger partial charge in [0.05, 0.1) is 18.7 Å². The lowest BCUT2D eigenvalue weighted by Gasteiger charge is -2.54. The van der Waals surface area contributed by atoms with Crippen molar-refractivity contribution in [2.24, 2.45) is 5.41 Å². The van der Waals surface area contributed by atoms with E-state index in [1.165, 1.54) is 12.1 Å². The lowest BCUT2D eigenvalue weighted by Crippen LogP contribution is -2.64. The molecule has 4 rings (SSSR count). The third-order valence-electron chi connectivity index (χ3n) is 7.22. The Kier molecular flexibility index (Phi) is 8.56. The number of carbonyl (C=O) groups is 1. The van der Waals surface area contributed by atoms with E-state index in [0.29, 0.717) is 29.3 Å². The van der Waals surface area contributed by atoms with E-state index in [4.69, 9.17) is 27.9 Å². The summed E-state index contributed by atoms with van der Waals surface area (Å²) in [5.41, 5.74) is 1.22. The standard InChI is InChI=1S/C29H32Cl2FNO3/c1-3-4-24(18-34)33-27(29(2)15-13-22(31)14-16-29)26(20-7-9-21(30)10-8-20)36-25(28(33)35)17-19-5-11-23(32)12-6-19/h5-15,24-27,34H,3-4,16-18H2,1-2H3/t24-,25+,26+,27+,29?/m1/s1. The topological polar surface area (TPSA) is 49.8 Å². The summed E-state index contributed by atoms with van der Waals surface area (Å²) in [6.07, 6.45) is 7.01. The zero-order valence-corrected chi connectivity index (χ0v) is 22.1. The van der Waals surface area contributed by atoms with Crippen molar-refractivity contribution in [3.8, 4) is 0 Å². The van der Waals surface area contributed by atoms with Crippen LogP contribution in [0.25, 0.3) is 0 Å². The van der Waals surface area contributed by atoms with Crippen LogP contribution in [0.15, 0.2) is 71.8 Å². The fourth-order valence-electron chi connectivity index (χ4n) is 5.31. The van der Waals surface area contributed by atoms with Gasteiger partial charge in [-0.25, -0.2) is 4.39 Å². The van der Waals surface area contributed by atoms with Crippen molar-refractivity contribution in [2.45, 2.75) is 63.8 Å². The van der Waals surface area contributed by atoms with Crippen LogP contribution in [0.1, 0.15) is 50.3 Å². The van der Waals surface area contributed by atoms with E-state index in [1.807, 2.05) is 54.3 Å². The van der Waals surface area contributed by atoms with Gasteiger partial charge < -0.3 is 14.7 Å². The first-order valence-corrected chi connectivity index (χ1v) is 13.1. The molecule has 1 aliphatic heterocycles. The van der Waals surface area contributed by atoms with Gasteiger partial charge in [0.25, 0.3) is 5.91 Å². The molecule has 4 nitrogen and oxygen atoms in total. The molecule has 7 heteroatoms. The number of benzene rings is 2. The van der Waals surface area contributed by atoms with Crippen LogP contribution < -0.4 is 0 Å². The zero-order chi connectivity index (χ0) is 25.9. The Labute approximate surface area is 222 Å². The number of amides is 1. The van der Waals surface area contributed by atoms with Crippen LogP contribution in [0.5, 0.6) is 0 Å². The van der Waals surface area contributed by atoms with Crippen molar-refractivity contribution in [3.63, 3.8) is 0 Å². The molecule has 1 fully saturated rings. The minimum atomic E-state index is -0.784. The highest BCUT2D eigenvalue weighted by molar-refractivity contribution is 6.31. The molecule has 2 aromatic rings. The lowest BCUT2D eigenvalue weighted by atomic mass is 9.71. The second-order valence-corrected chi connectivity index (χ2v) is 10.7. The van der Waals surface area contributed by atoms with Gasteiger partial charge in [-0.3, -0.25) is 4.79 Å². The summed E-state index contributed by atoms with van der Waals surface area (Å²) >= 11 is 12.5. The van der Waals surface area contributed by atoms with Crippen LogP contribution in [0.2, 0.25) is 5.02 Å². The van der Waals surface area contributed by atoms with Gasteiger partial charge in [0.1, 0.15) is 18.0 Å². The normalized spacial score (nSPS) is 27.2. The molecule has 1 aliphatic carbocycles. The molecule has 1 saturated heterocycles. The van der Waals surface area contributed by atoms with Gasteiger partial charge in [0.2, 0.25) is 0 Å². The number of hydrogen-bond acceptors (Lipinski definition) is 3. The molecule has 2 aliphatic rings. The molecule has 0 saturated carbocycles. The van der Waals surface area contributed by atoms with Gasteiger partial charge in [-0.05, 0) is 54.3 Å². The molecule has 0 bridgehead atoms. The van der Waals surface area contributed by atoms with Crippen LogP contribution in [0, 0.1) is 11.2 Å². The highest BCUT2D eigenvalue weighted by atomic mass is 35.5. The number of ether oxygens (including phenoxy) is 1. The molecule has 1 unspecified atom stereocenters. The summed E-state index contributed by atoms with van der Waals surface area (Å²) in [5.74, 6) is -0.500. The Balaban J connectivity index is 1.81. The number of nitrogens with zero attached hydrogens (tertiary/aromatic N) is 1. The molecule has 5 atom stereocenters. The highest BCUT2D eigenvalue weighted by Gasteiger charge is 2.52. The SMILES string of the molecule is CCC[C@H](CO)N1C(=O)[C@H](Cc2ccc(F)cc2)O[C@@H](c2ccc(Cl)cc2)[C@H]1C1(C)C=CC(Cl)=CC1. The van der Waals surface area contributed by atoms with Gasteiger partial charge >= 0.3 is 0 Å². The summed E-state index contributed by atoms with van der Waals surface area (Å²) in [5, 5.41) is 11.7. The van der Waals surface area contributed by atoms with Gasteiger partial charge in [-0.15, -0.1) is 0 Å². The molecule has 36 heavy (non-hydrogen) atoms. The molecule has 2 aromatic carbocycles. The molecular formula is C29H32Cl2FNO3. The molecule has 0 radical (unpaired) electrons. The van der Waals surface area contributed by atoms with Gasteiger partial charge in [-0.2, -0.15) is 0 Å². The molecule has 1 N–H and O–H groups in total. The third-order valence-corrected chi connectivity index (χ3v) is 7.75. The average Bonchev–Trinajstić information content (AvgIpc) is 2.87. The van der Waals surface area contributed by atoms with Gasteiger partial charge in [-0.1, -0.05) is 79.9 Å². The number of hydrogen-bond donors (Lipinski definition) is 1. The predicted octanol–water partition coefficient (Wildman–Crippen LogP) is 6.61. The van der Waals surface area contributed by atoms with Crippen molar-refractivity contribution >= 4 is 29.1 Å². The quantitative estimate of drug-likeness (QED) is 0.416. The maximum absolute atomic E-state index is 14.1. The van der Waals surface area contributed by atoms with Crippen LogP contribution in [0.4, 0.5) is 4.39 Å². The van der Waals surface area contributed by atoms with Crippen LogP contribution >= 0.6 is 23.2 Å². The number of carbonyl (C=O) groups excluding carboxylic acids is 1. The molecular weight excluding hydrogens is 500 g/mol. The van der Waals surface area contributed by atoms with E-state index in [9.17, 15) is 14.3 Å². The predicted molar refractivity (Wildman–Crippen MR) is 141 cm³/mol. The summed E-state index contributed by atoms with van der Waals surface area (Å²) in [7, 11) is 0. The first kappa shape index (κ1) is 26.9. The van der Waals surface area contributed by atoms with Crippen LogP contribution in [0.3, 0.4) is 0 Å².